The number of halogens is 4. The average Bonchev–Trinajstić information content (AvgIpc) is 3.05. The third-order valence-electron chi connectivity index (χ3n) is 4.23. The number of aliphatic hydroxyl groups excluding tert-OH is 1. The van der Waals surface area contributed by atoms with E-state index in [1.54, 1.807) is 24.3 Å². The number of alkyl halides is 3. The van der Waals surface area contributed by atoms with Crippen LogP contribution in [0.3, 0.4) is 0 Å². The zero-order valence-corrected chi connectivity index (χ0v) is 14.9. The summed E-state index contributed by atoms with van der Waals surface area (Å²) in [6, 6.07) is 7.18. The highest BCUT2D eigenvalue weighted by atomic mass is 35.5. The fourth-order valence-electron chi connectivity index (χ4n) is 2.83. The maximum atomic E-state index is 13.1. The molecule has 144 valence electrons. The predicted octanol–water partition coefficient (Wildman–Crippen LogP) is 3.63. The van der Waals surface area contributed by atoms with E-state index in [9.17, 15) is 23.1 Å². The number of benzene rings is 1. The molecule has 0 spiro atoms. The van der Waals surface area contributed by atoms with Gasteiger partial charge in [0.2, 0.25) is 5.91 Å². The lowest BCUT2D eigenvalue weighted by atomic mass is 9.97. The molecule has 27 heavy (non-hydrogen) atoms. The minimum absolute atomic E-state index is 0.131. The van der Waals surface area contributed by atoms with Gasteiger partial charge < -0.3 is 10.4 Å². The Balaban J connectivity index is 1.83. The number of aromatic nitrogens is 2. The minimum Gasteiger partial charge on any atom is -0.393 e. The van der Waals surface area contributed by atoms with Crippen LogP contribution in [0.25, 0.3) is 5.69 Å². The van der Waals surface area contributed by atoms with Crippen molar-refractivity contribution >= 4 is 17.5 Å². The van der Waals surface area contributed by atoms with Crippen molar-refractivity contribution in [3.8, 4) is 5.69 Å². The number of amides is 1. The van der Waals surface area contributed by atoms with Crippen LogP contribution in [0, 0.1) is 0 Å². The summed E-state index contributed by atoms with van der Waals surface area (Å²) in [7, 11) is 0. The first-order chi connectivity index (χ1) is 12.7. The molecule has 1 aromatic heterocycles. The van der Waals surface area contributed by atoms with Gasteiger partial charge in [-0.15, -0.1) is 0 Å². The van der Waals surface area contributed by atoms with E-state index in [1.165, 1.54) is 6.07 Å². The smallest absolute Gasteiger partial charge is 0.393 e. The first-order valence-corrected chi connectivity index (χ1v) is 8.69. The number of hydrogen-bond acceptors (Lipinski definition) is 3. The van der Waals surface area contributed by atoms with Gasteiger partial charge in [-0.1, -0.05) is 23.7 Å². The summed E-state index contributed by atoms with van der Waals surface area (Å²) in [4.78, 5) is 12.2. The second kappa shape index (κ2) is 7.74. The molecular weight excluding hydrogens is 383 g/mol. The van der Waals surface area contributed by atoms with Crippen LogP contribution in [0.4, 0.5) is 13.2 Å². The second-order valence-electron chi connectivity index (χ2n) is 6.25. The molecule has 1 aliphatic carbocycles. The third-order valence-corrected chi connectivity index (χ3v) is 4.47. The van der Waals surface area contributed by atoms with Crippen molar-refractivity contribution in [1.82, 2.24) is 15.1 Å². The molecule has 1 amide bonds. The van der Waals surface area contributed by atoms with Gasteiger partial charge in [0.1, 0.15) is 0 Å². The van der Waals surface area contributed by atoms with E-state index in [2.05, 4.69) is 10.4 Å². The van der Waals surface area contributed by atoms with Crippen LogP contribution in [0.15, 0.2) is 42.0 Å². The number of hydrogen-bond donors (Lipinski definition) is 2. The Labute approximate surface area is 158 Å². The lowest BCUT2D eigenvalue weighted by molar-refractivity contribution is -0.141. The molecular formula is C18H17ClF3N3O2. The lowest BCUT2D eigenvalue weighted by Crippen LogP contribution is -2.27. The Kier molecular flexibility index (Phi) is 5.57. The number of rotatable bonds is 4. The van der Waals surface area contributed by atoms with Gasteiger partial charge in [-0.05, 0) is 43.5 Å². The van der Waals surface area contributed by atoms with E-state index < -0.39 is 18.0 Å². The molecule has 2 N–H and O–H groups in total. The highest BCUT2D eigenvalue weighted by molar-refractivity contribution is 6.30. The van der Waals surface area contributed by atoms with Gasteiger partial charge >= 0.3 is 6.18 Å². The van der Waals surface area contributed by atoms with E-state index in [4.69, 9.17) is 11.6 Å². The Bertz CT molecular complexity index is 877. The van der Waals surface area contributed by atoms with Crippen LogP contribution >= 0.6 is 11.6 Å². The summed E-state index contributed by atoms with van der Waals surface area (Å²) in [5, 5.41) is 16.1. The highest BCUT2D eigenvalue weighted by Crippen LogP contribution is 2.30. The van der Waals surface area contributed by atoms with E-state index in [0.29, 0.717) is 35.5 Å². The Hall–Kier alpha value is -2.32. The maximum Gasteiger partial charge on any atom is 0.435 e. The Morgan fingerprint density at radius 1 is 1.37 bits per heavy atom. The normalized spacial score (nSPS) is 17.5. The molecule has 0 fully saturated rings. The van der Waals surface area contributed by atoms with Gasteiger partial charge in [-0.25, -0.2) is 4.68 Å². The van der Waals surface area contributed by atoms with Crippen molar-refractivity contribution in [2.24, 2.45) is 0 Å². The molecule has 0 aliphatic heterocycles. The van der Waals surface area contributed by atoms with Crippen molar-refractivity contribution in [2.45, 2.75) is 38.1 Å². The summed E-state index contributed by atoms with van der Waals surface area (Å²) in [6.07, 6.45) is -2.11. The third kappa shape index (κ3) is 4.70. The molecule has 2 aromatic rings. The van der Waals surface area contributed by atoms with Crippen LogP contribution in [0.1, 0.15) is 30.7 Å². The van der Waals surface area contributed by atoms with Gasteiger partial charge in [0.25, 0.3) is 0 Å². The standard InChI is InChI=1S/C18H17ClF3N3O2/c19-12-2-1-3-13(8-12)25-14(9-16(24-25)18(20,21)22)10-23-17(27)11-4-6-15(26)7-5-11/h1-4,8-9,15,26H,5-7,10H2,(H,23,27). The SMILES string of the molecule is O=C(NCc1cc(C(F)(F)F)nn1-c1cccc(Cl)c1)C1=CCC(O)CC1. The summed E-state index contributed by atoms with van der Waals surface area (Å²) in [5.74, 6) is -0.366. The van der Waals surface area contributed by atoms with E-state index in [1.807, 2.05) is 0 Å². The van der Waals surface area contributed by atoms with Gasteiger partial charge in [-0.2, -0.15) is 18.3 Å². The Morgan fingerprint density at radius 2 is 2.15 bits per heavy atom. The molecule has 0 radical (unpaired) electrons. The largest absolute Gasteiger partial charge is 0.435 e. The highest BCUT2D eigenvalue weighted by Gasteiger charge is 2.35. The van der Waals surface area contributed by atoms with Crippen molar-refractivity contribution in [1.29, 1.82) is 0 Å². The fourth-order valence-corrected chi connectivity index (χ4v) is 3.01. The predicted molar refractivity (Wildman–Crippen MR) is 93.4 cm³/mol. The van der Waals surface area contributed by atoms with Crippen LogP contribution in [-0.4, -0.2) is 26.9 Å². The monoisotopic (exact) mass is 399 g/mol. The quantitative estimate of drug-likeness (QED) is 0.825. The zero-order valence-electron chi connectivity index (χ0n) is 14.1. The molecule has 0 saturated heterocycles. The summed E-state index contributed by atoms with van der Waals surface area (Å²) < 4.78 is 40.4. The Morgan fingerprint density at radius 3 is 2.78 bits per heavy atom. The molecule has 1 aliphatic rings. The van der Waals surface area contributed by atoms with Gasteiger partial charge in [-0.3, -0.25) is 4.79 Å². The molecule has 1 atom stereocenters. The molecule has 3 rings (SSSR count). The number of carbonyl (C=O) groups excluding carboxylic acids is 1. The molecule has 5 nitrogen and oxygen atoms in total. The van der Waals surface area contributed by atoms with E-state index in [-0.39, 0.29) is 18.1 Å². The topological polar surface area (TPSA) is 67.2 Å². The molecule has 0 saturated carbocycles. The first-order valence-electron chi connectivity index (χ1n) is 8.31. The fraction of sp³-hybridized carbons (Fsp3) is 0.333. The number of aliphatic hydroxyl groups is 1. The van der Waals surface area contributed by atoms with Crippen molar-refractivity contribution in [3.63, 3.8) is 0 Å². The van der Waals surface area contributed by atoms with Crippen molar-refractivity contribution < 1.29 is 23.1 Å². The summed E-state index contributed by atoms with van der Waals surface area (Å²) in [6.45, 7) is -0.131. The van der Waals surface area contributed by atoms with Gasteiger partial charge in [0.15, 0.2) is 5.69 Å². The second-order valence-corrected chi connectivity index (χ2v) is 6.69. The van der Waals surface area contributed by atoms with Crippen LogP contribution in [-0.2, 0) is 17.5 Å². The van der Waals surface area contributed by atoms with Gasteiger partial charge in [0.05, 0.1) is 24.0 Å². The molecule has 1 aromatic carbocycles. The zero-order chi connectivity index (χ0) is 19.6. The number of nitrogens with zero attached hydrogens (tertiary/aromatic N) is 2. The lowest BCUT2D eigenvalue weighted by Gasteiger charge is -2.17. The van der Waals surface area contributed by atoms with Gasteiger partial charge in [0, 0.05) is 10.6 Å². The molecule has 0 bridgehead atoms. The molecule has 1 unspecified atom stereocenters. The number of carbonyl (C=O) groups is 1. The van der Waals surface area contributed by atoms with E-state index in [0.717, 1.165) is 10.7 Å². The minimum atomic E-state index is -4.61. The van der Waals surface area contributed by atoms with E-state index >= 15 is 0 Å². The first kappa shape index (κ1) is 19.4. The van der Waals surface area contributed by atoms with Crippen molar-refractivity contribution in [2.75, 3.05) is 0 Å². The summed E-state index contributed by atoms with van der Waals surface area (Å²) >= 11 is 5.92. The number of nitrogens with one attached hydrogen (secondary N) is 1. The molecule has 9 heteroatoms. The summed E-state index contributed by atoms with van der Waals surface area (Å²) in [5.41, 5.74) is 0.00790. The average molecular weight is 400 g/mol. The van der Waals surface area contributed by atoms with Crippen LogP contribution < -0.4 is 5.32 Å². The van der Waals surface area contributed by atoms with Crippen molar-refractivity contribution in [3.05, 3.63) is 58.4 Å². The molecule has 1 heterocycles. The van der Waals surface area contributed by atoms with Crippen LogP contribution in [0.2, 0.25) is 5.02 Å². The maximum absolute atomic E-state index is 13.1. The van der Waals surface area contributed by atoms with Crippen LogP contribution in [0.5, 0.6) is 0 Å².